The van der Waals surface area contributed by atoms with Crippen LogP contribution in [0.3, 0.4) is 0 Å². The minimum absolute atomic E-state index is 0.0780. The highest BCUT2D eigenvalue weighted by Crippen LogP contribution is 2.51. The SMILES string of the molecule is CCOC(=O)Cc1ncc(C#Cc2cc3c(cc2C)SC(C)(C)CC3(C)C)cn1. The quantitative estimate of drug-likeness (QED) is 0.537. The molecule has 0 fully saturated rings. The van der Waals surface area contributed by atoms with Gasteiger partial charge in [-0.15, -0.1) is 11.8 Å². The summed E-state index contributed by atoms with van der Waals surface area (Å²) < 4.78 is 5.16. The summed E-state index contributed by atoms with van der Waals surface area (Å²) in [5, 5.41) is 0. The van der Waals surface area contributed by atoms with Gasteiger partial charge in [0.2, 0.25) is 0 Å². The van der Waals surface area contributed by atoms with Crippen molar-refractivity contribution in [1.82, 2.24) is 9.97 Å². The Hall–Kier alpha value is -2.32. The number of benzene rings is 1. The number of hydrogen-bond donors (Lipinski definition) is 0. The van der Waals surface area contributed by atoms with Crippen LogP contribution in [-0.4, -0.2) is 27.3 Å². The zero-order valence-corrected chi connectivity index (χ0v) is 18.9. The van der Waals surface area contributed by atoms with E-state index in [-0.39, 0.29) is 22.6 Å². The van der Waals surface area contributed by atoms with Crippen LogP contribution in [0.5, 0.6) is 0 Å². The molecule has 1 aromatic heterocycles. The number of carbonyl (C=O) groups excluding carboxylic acids is 1. The largest absolute Gasteiger partial charge is 0.466 e. The summed E-state index contributed by atoms with van der Waals surface area (Å²) in [4.78, 5) is 21.3. The topological polar surface area (TPSA) is 52.1 Å². The maximum Gasteiger partial charge on any atom is 0.313 e. The molecule has 0 unspecified atom stereocenters. The summed E-state index contributed by atoms with van der Waals surface area (Å²) in [6, 6.07) is 4.52. The van der Waals surface area contributed by atoms with Crippen LogP contribution in [0.15, 0.2) is 29.4 Å². The van der Waals surface area contributed by atoms with Crippen LogP contribution in [0.1, 0.15) is 69.1 Å². The van der Waals surface area contributed by atoms with Gasteiger partial charge in [-0.05, 0) is 48.9 Å². The number of esters is 1. The lowest BCUT2D eigenvalue weighted by Crippen LogP contribution is -2.33. The van der Waals surface area contributed by atoms with Crippen molar-refractivity contribution in [2.24, 2.45) is 0 Å². The minimum Gasteiger partial charge on any atom is -0.466 e. The maximum atomic E-state index is 11.5. The molecule has 1 aliphatic rings. The Morgan fingerprint density at radius 2 is 1.86 bits per heavy atom. The third-order valence-electron chi connectivity index (χ3n) is 4.96. The molecule has 0 spiro atoms. The monoisotopic (exact) mass is 408 g/mol. The fourth-order valence-electron chi connectivity index (χ4n) is 3.91. The summed E-state index contributed by atoms with van der Waals surface area (Å²) >= 11 is 1.96. The molecule has 0 radical (unpaired) electrons. The van der Waals surface area contributed by atoms with Gasteiger partial charge >= 0.3 is 5.97 Å². The van der Waals surface area contributed by atoms with Gasteiger partial charge in [-0.25, -0.2) is 9.97 Å². The summed E-state index contributed by atoms with van der Waals surface area (Å²) in [6.45, 7) is 13.5. The summed E-state index contributed by atoms with van der Waals surface area (Å²) in [7, 11) is 0. The van der Waals surface area contributed by atoms with E-state index in [1.54, 1.807) is 19.3 Å². The predicted molar refractivity (Wildman–Crippen MR) is 117 cm³/mol. The van der Waals surface area contributed by atoms with Crippen molar-refractivity contribution < 1.29 is 9.53 Å². The van der Waals surface area contributed by atoms with E-state index in [0.717, 1.165) is 17.5 Å². The van der Waals surface area contributed by atoms with Gasteiger partial charge in [0.15, 0.2) is 0 Å². The van der Waals surface area contributed by atoms with Crippen LogP contribution in [0, 0.1) is 18.8 Å². The van der Waals surface area contributed by atoms with Gasteiger partial charge in [-0.2, -0.15) is 0 Å². The average Bonchev–Trinajstić information content (AvgIpc) is 2.60. The fraction of sp³-hybridized carbons (Fsp3) is 0.458. The lowest BCUT2D eigenvalue weighted by molar-refractivity contribution is -0.142. The van der Waals surface area contributed by atoms with Crippen molar-refractivity contribution in [3.63, 3.8) is 0 Å². The van der Waals surface area contributed by atoms with Gasteiger partial charge < -0.3 is 4.74 Å². The van der Waals surface area contributed by atoms with Crippen molar-refractivity contribution >= 4 is 17.7 Å². The first-order valence-electron chi connectivity index (χ1n) is 9.92. The number of ether oxygens (including phenoxy) is 1. The lowest BCUT2D eigenvalue weighted by Gasteiger charge is -2.42. The maximum absolute atomic E-state index is 11.5. The second-order valence-electron chi connectivity index (χ2n) is 8.71. The van der Waals surface area contributed by atoms with Crippen LogP contribution in [0.4, 0.5) is 0 Å². The molecular weight excluding hydrogens is 380 g/mol. The van der Waals surface area contributed by atoms with Gasteiger partial charge in [0.25, 0.3) is 0 Å². The molecule has 3 rings (SSSR count). The zero-order valence-electron chi connectivity index (χ0n) is 18.0. The molecule has 2 heterocycles. The van der Waals surface area contributed by atoms with E-state index >= 15 is 0 Å². The standard InChI is InChI=1S/C24H28N2O2S/c1-7-28-22(27)12-21-25-13-17(14-26-21)8-9-18-11-19-20(10-16(18)2)29-24(5,6)15-23(19,3)4/h10-11,13-14H,7,12,15H2,1-6H3. The molecular formula is C24H28N2O2S. The van der Waals surface area contributed by atoms with Crippen molar-refractivity contribution in [3.8, 4) is 11.8 Å². The molecule has 2 aromatic rings. The van der Waals surface area contributed by atoms with E-state index in [9.17, 15) is 4.79 Å². The zero-order chi connectivity index (χ0) is 21.2. The summed E-state index contributed by atoms with van der Waals surface area (Å²) in [5.74, 6) is 6.57. The summed E-state index contributed by atoms with van der Waals surface area (Å²) in [5.41, 5.74) is 4.43. The highest BCUT2D eigenvalue weighted by Gasteiger charge is 2.38. The van der Waals surface area contributed by atoms with Gasteiger partial charge in [-0.3, -0.25) is 4.79 Å². The average molecular weight is 409 g/mol. The molecule has 0 N–H and O–H groups in total. The minimum atomic E-state index is -0.320. The Kier molecular flexibility index (Phi) is 6.05. The number of aryl methyl sites for hydroxylation is 1. The van der Waals surface area contributed by atoms with Gasteiger partial charge in [0, 0.05) is 27.6 Å². The van der Waals surface area contributed by atoms with Crippen LogP contribution in [-0.2, 0) is 21.4 Å². The van der Waals surface area contributed by atoms with E-state index in [2.05, 4.69) is 68.6 Å². The smallest absolute Gasteiger partial charge is 0.313 e. The van der Waals surface area contributed by atoms with Gasteiger partial charge in [0.1, 0.15) is 12.2 Å². The third kappa shape index (κ3) is 5.19. The van der Waals surface area contributed by atoms with E-state index in [0.29, 0.717) is 12.4 Å². The fourth-order valence-corrected chi connectivity index (χ4v) is 5.62. The number of carbonyl (C=O) groups is 1. The molecule has 1 aliphatic heterocycles. The molecule has 0 aliphatic carbocycles. The molecule has 0 saturated heterocycles. The number of nitrogens with zero attached hydrogens (tertiary/aromatic N) is 2. The van der Waals surface area contributed by atoms with Crippen molar-refractivity contribution in [1.29, 1.82) is 0 Å². The number of hydrogen-bond acceptors (Lipinski definition) is 5. The van der Waals surface area contributed by atoms with E-state index in [4.69, 9.17) is 4.74 Å². The highest BCUT2D eigenvalue weighted by atomic mass is 32.2. The number of aromatic nitrogens is 2. The van der Waals surface area contributed by atoms with Crippen molar-refractivity contribution in [2.75, 3.05) is 6.61 Å². The molecule has 1 aromatic carbocycles. The van der Waals surface area contributed by atoms with Crippen molar-refractivity contribution in [3.05, 3.63) is 52.6 Å². The Balaban J connectivity index is 1.84. The Morgan fingerprint density at radius 3 is 2.52 bits per heavy atom. The van der Waals surface area contributed by atoms with Crippen LogP contribution >= 0.6 is 11.8 Å². The number of thioether (sulfide) groups is 1. The lowest BCUT2D eigenvalue weighted by atomic mass is 9.76. The first kappa shape index (κ1) is 21.4. The van der Waals surface area contributed by atoms with E-state index < -0.39 is 0 Å². The predicted octanol–water partition coefficient (Wildman–Crippen LogP) is 4.84. The molecule has 0 amide bonds. The molecule has 0 saturated carbocycles. The second kappa shape index (κ2) is 8.20. The summed E-state index contributed by atoms with van der Waals surface area (Å²) in [6.07, 6.45) is 4.52. The molecule has 4 nitrogen and oxygen atoms in total. The van der Waals surface area contributed by atoms with Crippen LogP contribution in [0.2, 0.25) is 0 Å². The molecule has 152 valence electrons. The van der Waals surface area contributed by atoms with E-state index in [1.165, 1.54) is 16.0 Å². The van der Waals surface area contributed by atoms with Crippen LogP contribution in [0.25, 0.3) is 0 Å². The normalized spacial score (nSPS) is 16.3. The van der Waals surface area contributed by atoms with E-state index in [1.807, 2.05) is 11.8 Å². The highest BCUT2D eigenvalue weighted by molar-refractivity contribution is 8.00. The van der Waals surface area contributed by atoms with Crippen LogP contribution < -0.4 is 0 Å². The number of fused-ring (bicyclic) bond motifs is 1. The van der Waals surface area contributed by atoms with Gasteiger partial charge in [-0.1, -0.05) is 39.5 Å². The van der Waals surface area contributed by atoms with Crippen molar-refractivity contribution in [2.45, 2.75) is 69.4 Å². The molecule has 0 bridgehead atoms. The first-order valence-corrected chi connectivity index (χ1v) is 10.7. The Morgan fingerprint density at radius 1 is 1.17 bits per heavy atom. The molecule has 29 heavy (non-hydrogen) atoms. The number of rotatable bonds is 3. The van der Waals surface area contributed by atoms with Gasteiger partial charge in [0.05, 0.1) is 12.2 Å². The Labute approximate surface area is 177 Å². The Bertz CT molecular complexity index is 982. The second-order valence-corrected chi connectivity index (χ2v) is 10.5. The first-order chi connectivity index (χ1) is 13.6. The molecule has 5 heteroatoms. The third-order valence-corrected chi connectivity index (χ3v) is 6.22. The molecule has 0 atom stereocenters.